The highest BCUT2D eigenvalue weighted by Gasteiger charge is 2.34. The van der Waals surface area contributed by atoms with E-state index >= 15 is 0 Å². The fourth-order valence-electron chi connectivity index (χ4n) is 4.83. The fraction of sp³-hybridized carbons (Fsp3) is 0.235. The van der Waals surface area contributed by atoms with Crippen molar-refractivity contribution in [1.29, 1.82) is 0 Å². The SMILES string of the molecule is CNC(=O)[C@H](Cc1ccccc1)N(Cc1cccc(Br)c1)C(=O)CN(c1ccc(C(C)C)cc1)S(=O)(=O)c1ccccc1. The minimum absolute atomic E-state index is 0.0708. The monoisotopic (exact) mass is 661 g/mol. The zero-order valence-corrected chi connectivity index (χ0v) is 26.9. The van der Waals surface area contributed by atoms with Crippen LogP contribution in [0.15, 0.2) is 119 Å². The molecule has 4 aromatic carbocycles. The molecular weight excluding hydrogens is 626 g/mol. The van der Waals surface area contributed by atoms with Gasteiger partial charge in [-0.05, 0) is 59.0 Å². The number of hydrogen-bond acceptors (Lipinski definition) is 4. The second-order valence-corrected chi connectivity index (χ2v) is 13.3. The molecule has 0 aliphatic heterocycles. The normalized spacial score (nSPS) is 12.0. The van der Waals surface area contributed by atoms with Crippen molar-refractivity contribution in [2.24, 2.45) is 0 Å². The smallest absolute Gasteiger partial charge is 0.264 e. The summed E-state index contributed by atoms with van der Waals surface area (Å²) in [7, 11) is -2.60. The lowest BCUT2D eigenvalue weighted by Gasteiger charge is -2.33. The van der Waals surface area contributed by atoms with E-state index < -0.39 is 28.5 Å². The third kappa shape index (κ3) is 8.12. The second-order valence-electron chi connectivity index (χ2n) is 10.5. The summed E-state index contributed by atoms with van der Waals surface area (Å²) in [4.78, 5) is 29.2. The molecular formula is C34H36BrN3O4S. The molecule has 0 radical (unpaired) electrons. The molecule has 0 spiro atoms. The number of likely N-dealkylation sites (N-methyl/N-ethyl adjacent to an activating group) is 1. The van der Waals surface area contributed by atoms with Crippen LogP contribution in [0.1, 0.15) is 36.5 Å². The maximum atomic E-state index is 14.3. The van der Waals surface area contributed by atoms with E-state index in [1.807, 2.05) is 66.7 Å². The van der Waals surface area contributed by atoms with E-state index in [-0.39, 0.29) is 29.7 Å². The Morgan fingerprint density at radius 1 is 0.814 bits per heavy atom. The van der Waals surface area contributed by atoms with Crippen molar-refractivity contribution in [2.45, 2.75) is 43.7 Å². The molecule has 0 aromatic heterocycles. The van der Waals surface area contributed by atoms with Crippen molar-refractivity contribution in [3.63, 3.8) is 0 Å². The third-order valence-electron chi connectivity index (χ3n) is 7.22. The number of nitrogens with one attached hydrogen (secondary N) is 1. The van der Waals surface area contributed by atoms with Gasteiger partial charge < -0.3 is 10.2 Å². The molecule has 0 saturated carbocycles. The van der Waals surface area contributed by atoms with E-state index in [0.717, 1.165) is 25.5 Å². The predicted molar refractivity (Wildman–Crippen MR) is 174 cm³/mol. The van der Waals surface area contributed by atoms with Gasteiger partial charge in [0, 0.05) is 24.5 Å². The van der Waals surface area contributed by atoms with Crippen LogP contribution in [0.3, 0.4) is 0 Å². The maximum Gasteiger partial charge on any atom is 0.264 e. The van der Waals surface area contributed by atoms with E-state index in [1.165, 1.54) is 24.1 Å². The molecule has 2 amide bonds. The molecule has 0 aliphatic carbocycles. The Balaban J connectivity index is 1.79. The van der Waals surface area contributed by atoms with Crippen molar-refractivity contribution in [3.8, 4) is 0 Å². The lowest BCUT2D eigenvalue weighted by atomic mass is 10.0. The number of hydrogen-bond donors (Lipinski definition) is 1. The summed E-state index contributed by atoms with van der Waals surface area (Å²) in [5.74, 6) is -0.593. The molecule has 4 rings (SSSR count). The number of amides is 2. The zero-order chi connectivity index (χ0) is 31.0. The van der Waals surface area contributed by atoms with Crippen LogP contribution < -0.4 is 9.62 Å². The van der Waals surface area contributed by atoms with Crippen molar-refractivity contribution >= 4 is 43.5 Å². The average molecular weight is 663 g/mol. The van der Waals surface area contributed by atoms with E-state index in [9.17, 15) is 18.0 Å². The fourth-order valence-corrected chi connectivity index (χ4v) is 6.71. The van der Waals surface area contributed by atoms with E-state index in [4.69, 9.17) is 0 Å². The number of halogens is 1. The molecule has 0 unspecified atom stereocenters. The van der Waals surface area contributed by atoms with Gasteiger partial charge in [-0.2, -0.15) is 0 Å². The first-order chi connectivity index (χ1) is 20.6. The summed E-state index contributed by atoms with van der Waals surface area (Å²) in [5.41, 5.74) is 3.08. The topological polar surface area (TPSA) is 86.8 Å². The highest BCUT2D eigenvalue weighted by Crippen LogP contribution is 2.27. The molecule has 0 aliphatic rings. The molecule has 0 fully saturated rings. The standard InChI is InChI=1S/C34H36BrN3O4S/c1-25(2)28-17-19-30(20-18-28)38(43(41,42)31-15-8-5-9-16-31)24-33(39)37(23-27-13-10-14-29(35)21-27)32(34(40)36-3)22-26-11-6-4-7-12-26/h4-21,25,32H,22-24H2,1-3H3,(H,36,40)/t32-/m0/s1. The molecule has 1 atom stereocenters. The number of anilines is 1. The number of carbonyl (C=O) groups excluding carboxylic acids is 2. The Kier molecular flexibility index (Phi) is 10.8. The van der Waals surface area contributed by atoms with E-state index in [0.29, 0.717) is 5.69 Å². The Hall–Kier alpha value is -3.95. The van der Waals surface area contributed by atoms with Crippen molar-refractivity contribution in [3.05, 3.63) is 130 Å². The maximum absolute atomic E-state index is 14.3. The number of rotatable bonds is 12. The van der Waals surface area contributed by atoms with Crippen LogP contribution in [0.2, 0.25) is 0 Å². The van der Waals surface area contributed by atoms with Crippen LogP contribution in [0.25, 0.3) is 0 Å². The van der Waals surface area contributed by atoms with Crippen LogP contribution in [-0.4, -0.2) is 44.8 Å². The molecule has 7 nitrogen and oxygen atoms in total. The second kappa shape index (κ2) is 14.5. The number of nitrogens with zero attached hydrogens (tertiary/aromatic N) is 2. The van der Waals surface area contributed by atoms with Gasteiger partial charge in [0.05, 0.1) is 10.6 Å². The zero-order valence-electron chi connectivity index (χ0n) is 24.5. The molecule has 0 bridgehead atoms. The number of carbonyl (C=O) groups is 2. The molecule has 224 valence electrons. The third-order valence-corrected chi connectivity index (χ3v) is 9.50. The van der Waals surface area contributed by atoms with Gasteiger partial charge in [-0.3, -0.25) is 13.9 Å². The molecule has 0 saturated heterocycles. The van der Waals surface area contributed by atoms with Gasteiger partial charge in [0.2, 0.25) is 11.8 Å². The van der Waals surface area contributed by atoms with Crippen molar-refractivity contribution in [1.82, 2.24) is 10.2 Å². The van der Waals surface area contributed by atoms with Gasteiger partial charge in [-0.25, -0.2) is 8.42 Å². The number of sulfonamides is 1. The van der Waals surface area contributed by atoms with Crippen molar-refractivity contribution < 1.29 is 18.0 Å². The van der Waals surface area contributed by atoms with Gasteiger partial charge in [0.25, 0.3) is 10.0 Å². The highest BCUT2D eigenvalue weighted by molar-refractivity contribution is 9.10. The van der Waals surface area contributed by atoms with Crippen LogP contribution in [0.5, 0.6) is 0 Å². The predicted octanol–water partition coefficient (Wildman–Crippen LogP) is 6.15. The van der Waals surface area contributed by atoms with Gasteiger partial charge in [0.1, 0.15) is 12.6 Å². The minimum atomic E-state index is -4.13. The number of benzene rings is 4. The molecule has 0 heterocycles. The Morgan fingerprint density at radius 3 is 2.00 bits per heavy atom. The highest BCUT2D eigenvalue weighted by atomic mass is 79.9. The van der Waals surface area contributed by atoms with E-state index in [2.05, 4.69) is 35.1 Å². The van der Waals surface area contributed by atoms with Crippen LogP contribution >= 0.6 is 15.9 Å². The summed E-state index contributed by atoms with van der Waals surface area (Å²) in [6.45, 7) is 3.73. The van der Waals surface area contributed by atoms with Crippen molar-refractivity contribution in [2.75, 3.05) is 17.9 Å². The molecule has 4 aromatic rings. The first-order valence-corrected chi connectivity index (χ1v) is 16.3. The summed E-state index contributed by atoms with van der Waals surface area (Å²) in [6.07, 6.45) is 0.259. The minimum Gasteiger partial charge on any atom is -0.357 e. The summed E-state index contributed by atoms with van der Waals surface area (Å²) in [5, 5.41) is 2.70. The Morgan fingerprint density at radius 2 is 1.42 bits per heavy atom. The van der Waals surface area contributed by atoms with Gasteiger partial charge >= 0.3 is 0 Å². The largest absolute Gasteiger partial charge is 0.357 e. The van der Waals surface area contributed by atoms with E-state index in [1.54, 1.807) is 30.3 Å². The first-order valence-electron chi connectivity index (χ1n) is 14.1. The van der Waals surface area contributed by atoms with Crippen LogP contribution in [0, 0.1) is 0 Å². The summed E-state index contributed by atoms with van der Waals surface area (Å²) < 4.78 is 30.0. The van der Waals surface area contributed by atoms with Gasteiger partial charge in [0.15, 0.2) is 0 Å². The molecule has 9 heteroatoms. The first kappa shape index (κ1) is 32.0. The average Bonchev–Trinajstić information content (AvgIpc) is 3.02. The Labute approximate surface area is 262 Å². The Bertz CT molecular complexity index is 1630. The van der Waals surface area contributed by atoms with Gasteiger partial charge in [-0.1, -0.05) is 103 Å². The quantitative estimate of drug-likeness (QED) is 0.197. The summed E-state index contributed by atoms with van der Waals surface area (Å²) >= 11 is 3.49. The molecule has 1 N–H and O–H groups in total. The summed E-state index contributed by atoms with van der Waals surface area (Å²) in [6, 6.07) is 31.3. The molecule has 43 heavy (non-hydrogen) atoms. The van der Waals surface area contributed by atoms with Gasteiger partial charge in [-0.15, -0.1) is 0 Å². The lowest BCUT2D eigenvalue weighted by Crippen LogP contribution is -2.53. The lowest BCUT2D eigenvalue weighted by molar-refractivity contribution is -0.139. The van der Waals surface area contributed by atoms with Crippen LogP contribution in [-0.2, 0) is 32.6 Å². The van der Waals surface area contributed by atoms with Crippen LogP contribution in [0.4, 0.5) is 5.69 Å².